The number of para-hydroxylation sites is 1. The number of amides is 2. The Morgan fingerprint density at radius 2 is 2.10 bits per heavy atom. The number of hydrogen-bond donors (Lipinski definition) is 2. The van der Waals surface area contributed by atoms with Gasteiger partial charge in [-0.05, 0) is 38.4 Å². The van der Waals surface area contributed by atoms with E-state index < -0.39 is 5.91 Å². The third-order valence-electron chi connectivity index (χ3n) is 3.75. The van der Waals surface area contributed by atoms with Crippen LogP contribution in [0.3, 0.4) is 0 Å². The molecule has 1 heterocycles. The van der Waals surface area contributed by atoms with Crippen molar-refractivity contribution in [2.24, 2.45) is 5.73 Å². The van der Waals surface area contributed by atoms with Gasteiger partial charge in [0.2, 0.25) is 5.91 Å². The number of anilines is 1. The number of nitrogens with two attached hydrogens (primary N) is 1. The van der Waals surface area contributed by atoms with Crippen LogP contribution in [0.4, 0.5) is 5.69 Å². The van der Waals surface area contributed by atoms with E-state index in [2.05, 4.69) is 17.1 Å². The summed E-state index contributed by atoms with van der Waals surface area (Å²) < 4.78 is 0. The highest BCUT2D eigenvalue weighted by molar-refractivity contribution is 6.03. The van der Waals surface area contributed by atoms with Crippen molar-refractivity contribution in [2.75, 3.05) is 18.4 Å². The summed E-state index contributed by atoms with van der Waals surface area (Å²) in [7, 11) is 0. The highest BCUT2D eigenvalue weighted by Crippen LogP contribution is 2.17. The average molecular weight is 275 g/mol. The molecule has 1 saturated heterocycles. The predicted octanol–water partition coefficient (Wildman–Crippen LogP) is 1.60. The molecule has 0 unspecified atom stereocenters. The monoisotopic (exact) mass is 275 g/mol. The van der Waals surface area contributed by atoms with Crippen LogP contribution < -0.4 is 11.1 Å². The zero-order valence-electron chi connectivity index (χ0n) is 11.8. The minimum absolute atomic E-state index is 0.104. The quantitative estimate of drug-likeness (QED) is 0.876. The molecule has 2 amide bonds. The van der Waals surface area contributed by atoms with Crippen molar-refractivity contribution in [3.05, 3.63) is 29.8 Å². The molecule has 5 nitrogen and oxygen atoms in total. The highest BCUT2D eigenvalue weighted by atomic mass is 16.2. The van der Waals surface area contributed by atoms with Crippen molar-refractivity contribution in [3.63, 3.8) is 0 Å². The van der Waals surface area contributed by atoms with E-state index in [1.165, 1.54) is 6.42 Å². The first-order valence-corrected chi connectivity index (χ1v) is 7.00. The van der Waals surface area contributed by atoms with E-state index in [0.717, 1.165) is 19.4 Å². The molecule has 1 aromatic rings. The molecular formula is C15H21N3O2. The van der Waals surface area contributed by atoms with Crippen LogP contribution in [0.2, 0.25) is 0 Å². The fourth-order valence-corrected chi connectivity index (χ4v) is 2.57. The molecule has 1 atom stereocenters. The molecule has 1 aromatic carbocycles. The van der Waals surface area contributed by atoms with Gasteiger partial charge in [0.25, 0.3) is 5.91 Å². The van der Waals surface area contributed by atoms with E-state index in [4.69, 9.17) is 5.73 Å². The molecular weight excluding hydrogens is 254 g/mol. The van der Waals surface area contributed by atoms with Crippen LogP contribution in [0.25, 0.3) is 0 Å². The van der Waals surface area contributed by atoms with Crippen molar-refractivity contribution in [2.45, 2.75) is 32.2 Å². The van der Waals surface area contributed by atoms with Crippen LogP contribution in [0.15, 0.2) is 24.3 Å². The number of likely N-dealkylation sites (tertiary alicyclic amines) is 1. The van der Waals surface area contributed by atoms with Gasteiger partial charge in [-0.25, -0.2) is 0 Å². The Bertz CT molecular complexity index is 502. The zero-order valence-corrected chi connectivity index (χ0v) is 11.8. The topological polar surface area (TPSA) is 75.4 Å². The third-order valence-corrected chi connectivity index (χ3v) is 3.75. The van der Waals surface area contributed by atoms with Gasteiger partial charge < -0.3 is 11.1 Å². The summed E-state index contributed by atoms with van der Waals surface area (Å²) in [4.78, 5) is 25.6. The second-order valence-electron chi connectivity index (χ2n) is 5.27. The lowest BCUT2D eigenvalue weighted by Gasteiger charge is -2.32. The van der Waals surface area contributed by atoms with Crippen LogP contribution in [0.5, 0.6) is 0 Å². The summed E-state index contributed by atoms with van der Waals surface area (Å²) in [6.45, 7) is 3.45. The predicted molar refractivity (Wildman–Crippen MR) is 78.5 cm³/mol. The van der Waals surface area contributed by atoms with Crippen molar-refractivity contribution in [1.29, 1.82) is 0 Å². The molecule has 108 valence electrons. The first kappa shape index (κ1) is 14.5. The number of primary amides is 1. The third kappa shape index (κ3) is 3.57. The molecule has 0 radical (unpaired) electrons. The molecule has 1 aliphatic rings. The lowest BCUT2D eigenvalue weighted by atomic mass is 10.0. The minimum Gasteiger partial charge on any atom is -0.366 e. The Labute approximate surface area is 119 Å². The summed E-state index contributed by atoms with van der Waals surface area (Å²) in [5.41, 5.74) is 6.12. The number of rotatable bonds is 4. The first-order chi connectivity index (χ1) is 9.58. The Morgan fingerprint density at radius 3 is 2.80 bits per heavy atom. The van der Waals surface area contributed by atoms with Crippen LogP contribution in [0, 0.1) is 0 Å². The van der Waals surface area contributed by atoms with E-state index in [0.29, 0.717) is 23.8 Å². The molecule has 2 rings (SSSR count). The van der Waals surface area contributed by atoms with Gasteiger partial charge in [-0.15, -0.1) is 0 Å². The van der Waals surface area contributed by atoms with Gasteiger partial charge in [0, 0.05) is 6.04 Å². The Balaban J connectivity index is 1.99. The molecule has 3 N–H and O–H groups in total. The number of nitrogens with one attached hydrogen (secondary N) is 1. The molecule has 0 aromatic heterocycles. The molecule has 1 aliphatic heterocycles. The maximum atomic E-state index is 12.1. The maximum absolute atomic E-state index is 12.1. The molecule has 0 aliphatic carbocycles. The van der Waals surface area contributed by atoms with Gasteiger partial charge >= 0.3 is 0 Å². The van der Waals surface area contributed by atoms with E-state index in [1.807, 2.05) is 0 Å². The van der Waals surface area contributed by atoms with E-state index >= 15 is 0 Å². The van der Waals surface area contributed by atoms with Gasteiger partial charge in [-0.1, -0.05) is 18.6 Å². The fourth-order valence-electron chi connectivity index (χ4n) is 2.57. The van der Waals surface area contributed by atoms with Crippen molar-refractivity contribution in [3.8, 4) is 0 Å². The van der Waals surface area contributed by atoms with Gasteiger partial charge in [-0.2, -0.15) is 0 Å². The number of piperidine rings is 1. The van der Waals surface area contributed by atoms with E-state index in [9.17, 15) is 9.59 Å². The van der Waals surface area contributed by atoms with Crippen LogP contribution in [0.1, 0.15) is 36.5 Å². The normalized spacial score (nSPS) is 19.6. The summed E-state index contributed by atoms with van der Waals surface area (Å²) >= 11 is 0. The van der Waals surface area contributed by atoms with Crippen LogP contribution in [-0.2, 0) is 4.79 Å². The largest absolute Gasteiger partial charge is 0.366 e. The maximum Gasteiger partial charge on any atom is 0.250 e. The minimum atomic E-state index is -0.535. The molecule has 20 heavy (non-hydrogen) atoms. The lowest BCUT2D eigenvalue weighted by molar-refractivity contribution is -0.118. The Kier molecular flexibility index (Phi) is 4.74. The first-order valence-electron chi connectivity index (χ1n) is 7.00. The summed E-state index contributed by atoms with van der Waals surface area (Å²) in [6, 6.07) is 7.23. The molecule has 0 bridgehead atoms. The number of benzene rings is 1. The average Bonchev–Trinajstić information content (AvgIpc) is 2.41. The fraction of sp³-hybridized carbons (Fsp3) is 0.467. The Morgan fingerprint density at radius 1 is 1.35 bits per heavy atom. The zero-order chi connectivity index (χ0) is 14.5. The molecule has 0 spiro atoms. The van der Waals surface area contributed by atoms with E-state index in [-0.39, 0.29) is 5.91 Å². The summed E-state index contributed by atoms with van der Waals surface area (Å²) in [5, 5.41) is 2.78. The summed E-state index contributed by atoms with van der Waals surface area (Å²) in [6.07, 6.45) is 3.49. The van der Waals surface area contributed by atoms with Crippen LogP contribution in [-0.4, -0.2) is 35.8 Å². The summed E-state index contributed by atoms with van der Waals surface area (Å²) in [5.74, 6) is -0.639. The standard InChI is InChI=1S/C15H21N3O2/c1-11-6-4-5-9-18(11)10-14(19)17-13-8-3-2-7-12(13)15(16)20/h2-3,7-8,11H,4-6,9-10H2,1H3,(H2,16,20)(H,17,19)/t11-/m0/s1. The van der Waals surface area contributed by atoms with Gasteiger partial charge in [0.15, 0.2) is 0 Å². The smallest absolute Gasteiger partial charge is 0.250 e. The number of carbonyl (C=O) groups excluding carboxylic acids is 2. The second kappa shape index (κ2) is 6.52. The SMILES string of the molecule is C[C@H]1CCCCN1CC(=O)Nc1ccccc1C(N)=O. The molecule has 5 heteroatoms. The van der Waals surface area contributed by atoms with Crippen LogP contribution >= 0.6 is 0 Å². The lowest BCUT2D eigenvalue weighted by Crippen LogP contribution is -2.42. The van der Waals surface area contributed by atoms with E-state index in [1.54, 1.807) is 24.3 Å². The van der Waals surface area contributed by atoms with Gasteiger partial charge in [-0.3, -0.25) is 14.5 Å². The number of carbonyl (C=O) groups is 2. The number of nitrogens with zero attached hydrogens (tertiary/aromatic N) is 1. The Hall–Kier alpha value is -1.88. The molecule has 0 saturated carbocycles. The number of hydrogen-bond acceptors (Lipinski definition) is 3. The van der Waals surface area contributed by atoms with Crippen molar-refractivity contribution >= 4 is 17.5 Å². The van der Waals surface area contributed by atoms with Gasteiger partial charge in [0.05, 0.1) is 17.8 Å². The van der Waals surface area contributed by atoms with Crippen molar-refractivity contribution in [1.82, 2.24) is 4.90 Å². The second-order valence-corrected chi connectivity index (χ2v) is 5.27. The highest BCUT2D eigenvalue weighted by Gasteiger charge is 2.21. The van der Waals surface area contributed by atoms with Crippen molar-refractivity contribution < 1.29 is 9.59 Å². The molecule has 1 fully saturated rings. The van der Waals surface area contributed by atoms with Gasteiger partial charge in [0.1, 0.15) is 0 Å².